The summed E-state index contributed by atoms with van der Waals surface area (Å²) in [6, 6.07) is 0. The van der Waals surface area contributed by atoms with Crippen LogP contribution in [0.1, 0.15) is 105 Å². The molecule has 0 radical (unpaired) electrons. The molecule has 1 rings (SSSR count). The van der Waals surface area contributed by atoms with Crippen molar-refractivity contribution in [3.63, 3.8) is 0 Å². The summed E-state index contributed by atoms with van der Waals surface area (Å²) in [5.74, 6) is 6.04. The van der Waals surface area contributed by atoms with Crippen molar-refractivity contribution >= 4 is 0 Å². The Balaban J connectivity index is 2.08. The predicted molar refractivity (Wildman–Crippen MR) is 104 cm³/mol. The average Bonchev–Trinajstić information content (AvgIpc) is 2.90. The van der Waals surface area contributed by atoms with Crippen molar-refractivity contribution < 1.29 is 14.6 Å². The monoisotopic (exact) mass is 352 g/mol. The van der Waals surface area contributed by atoms with Gasteiger partial charge in [-0.1, -0.05) is 52.4 Å². The Hall–Kier alpha value is -0.560. The van der Waals surface area contributed by atoms with Crippen LogP contribution in [-0.4, -0.2) is 29.2 Å². The largest absolute Gasteiger partial charge is 0.390 e. The van der Waals surface area contributed by atoms with Crippen molar-refractivity contribution in [2.75, 3.05) is 0 Å². The van der Waals surface area contributed by atoms with E-state index in [0.717, 1.165) is 25.7 Å². The molecule has 0 bridgehead atoms. The minimum atomic E-state index is -0.571. The van der Waals surface area contributed by atoms with Crippen molar-refractivity contribution in [1.29, 1.82) is 0 Å². The van der Waals surface area contributed by atoms with E-state index in [4.69, 9.17) is 9.47 Å². The predicted octanol–water partition coefficient (Wildman–Crippen LogP) is 5.59. The van der Waals surface area contributed by atoms with Crippen LogP contribution in [0.2, 0.25) is 0 Å². The van der Waals surface area contributed by atoms with Crippen LogP contribution < -0.4 is 0 Å². The molecule has 0 unspecified atom stereocenters. The van der Waals surface area contributed by atoms with Gasteiger partial charge in [0.1, 0.15) is 6.10 Å². The van der Waals surface area contributed by atoms with E-state index < -0.39 is 11.9 Å². The third-order valence-electron chi connectivity index (χ3n) is 4.84. The Morgan fingerprint density at radius 1 is 0.880 bits per heavy atom. The number of rotatable bonds is 12. The van der Waals surface area contributed by atoms with Crippen LogP contribution in [0.5, 0.6) is 0 Å². The molecule has 1 aliphatic rings. The van der Waals surface area contributed by atoms with E-state index in [2.05, 4.69) is 18.8 Å². The van der Waals surface area contributed by atoms with E-state index in [9.17, 15) is 5.11 Å². The SMILES string of the molecule is CCCCCCC#CCCCCCC[C@@H]1OC(C)(C)O[C@H]1[C@@H](O)CC. The molecule has 0 aromatic heterocycles. The van der Waals surface area contributed by atoms with Gasteiger partial charge in [-0.2, -0.15) is 0 Å². The number of ether oxygens (including phenoxy) is 2. The van der Waals surface area contributed by atoms with Crippen molar-refractivity contribution in [3.8, 4) is 11.8 Å². The van der Waals surface area contributed by atoms with E-state index in [1.807, 2.05) is 20.8 Å². The van der Waals surface area contributed by atoms with Gasteiger partial charge in [-0.15, -0.1) is 11.8 Å². The van der Waals surface area contributed by atoms with E-state index in [0.29, 0.717) is 6.42 Å². The van der Waals surface area contributed by atoms with Crippen molar-refractivity contribution in [1.82, 2.24) is 0 Å². The summed E-state index contributed by atoms with van der Waals surface area (Å²) in [6.07, 6.45) is 13.1. The van der Waals surface area contributed by atoms with Gasteiger partial charge in [-0.25, -0.2) is 0 Å². The molecule has 1 aliphatic heterocycles. The van der Waals surface area contributed by atoms with Gasteiger partial charge in [0, 0.05) is 12.8 Å². The summed E-state index contributed by atoms with van der Waals surface area (Å²) in [4.78, 5) is 0. The molecule has 0 amide bonds. The number of hydrogen-bond donors (Lipinski definition) is 1. The van der Waals surface area contributed by atoms with Gasteiger partial charge >= 0.3 is 0 Å². The first-order valence-corrected chi connectivity index (χ1v) is 10.5. The highest BCUT2D eigenvalue weighted by molar-refractivity contribution is 4.98. The van der Waals surface area contributed by atoms with Crippen LogP contribution >= 0.6 is 0 Å². The molecule has 1 N–H and O–H groups in total. The van der Waals surface area contributed by atoms with Gasteiger partial charge in [0.25, 0.3) is 0 Å². The second kappa shape index (κ2) is 12.7. The van der Waals surface area contributed by atoms with Crippen LogP contribution in [0.3, 0.4) is 0 Å². The lowest BCUT2D eigenvalue weighted by atomic mass is 10.00. The van der Waals surface area contributed by atoms with Crippen LogP contribution in [0, 0.1) is 11.8 Å². The minimum absolute atomic E-state index is 0.0212. The molecule has 0 aliphatic carbocycles. The molecule has 146 valence electrons. The van der Waals surface area contributed by atoms with Gasteiger partial charge < -0.3 is 14.6 Å². The van der Waals surface area contributed by atoms with E-state index >= 15 is 0 Å². The molecule has 25 heavy (non-hydrogen) atoms. The fraction of sp³-hybridized carbons (Fsp3) is 0.909. The summed E-state index contributed by atoms with van der Waals surface area (Å²) in [6.45, 7) is 8.10. The van der Waals surface area contributed by atoms with E-state index in [1.165, 1.54) is 44.9 Å². The Labute approximate surface area is 155 Å². The lowest BCUT2D eigenvalue weighted by Crippen LogP contribution is -2.35. The molecule has 3 nitrogen and oxygen atoms in total. The summed E-state index contributed by atoms with van der Waals surface area (Å²) < 4.78 is 11.9. The number of aliphatic hydroxyl groups is 1. The fourth-order valence-corrected chi connectivity index (χ4v) is 3.37. The van der Waals surface area contributed by atoms with Crippen LogP contribution in [-0.2, 0) is 9.47 Å². The summed E-state index contributed by atoms with van der Waals surface area (Å²) in [5.41, 5.74) is 0. The van der Waals surface area contributed by atoms with Gasteiger partial charge in [-0.05, 0) is 39.5 Å². The zero-order valence-corrected chi connectivity index (χ0v) is 17.0. The number of aliphatic hydroxyl groups excluding tert-OH is 1. The third-order valence-corrected chi connectivity index (χ3v) is 4.84. The molecule has 3 atom stereocenters. The second-order valence-corrected chi connectivity index (χ2v) is 7.73. The summed E-state index contributed by atoms with van der Waals surface area (Å²) in [5, 5.41) is 10.1. The number of unbranched alkanes of at least 4 members (excludes halogenated alkanes) is 8. The Morgan fingerprint density at radius 3 is 2.08 bits per heavy atom. The molecule has 1 saturated heterocycles. The highest BCUT2D eigenvalue weighted by atomic mass is 16.8. The number of hydrogen-bond acceptors (Lipinski definition) is 3. The highest BCUT2D eigenvalue weighted by Gasteiger charge is 2.43. The van der Waals surface area contributed by atoms with E-state index in [-0.39, 0.29) is 12.2 Å². The smallest absolute Gasteiger partial charge is 0.163 e. The van der Waals surface area contributed by atoms with Gasteiger partial charge in [0.15, 0.2) is 5.79 Å². The lowest BCUT2D eigenvalue weighted by molar-refractivity contribution is -0.155. The minimum Gasteiger partial charge on any atom is -0.390 e. The second-order valence-electron chi connectivity index (χ2n) is 7.73. The molecule has 0 spiro atoms. The summed E-state index contributed by atoms with van der Waals surface area (Å²) in [7, 11) is 0. The normalized spacial score (nSPS) is 23.2. The van der Waals surface area contributed by atoms with Gasteiger partial charge in [0.05, 0.1) is 12.2 Å². The third kappa shape index (κ3) is 9.64. The zero-order valence-electron chi connectivity index (χ0n) is 17.0. The standard InChI is InChI=1S/C22H40O3/c1-5-7-8-9-10-11-12-13-14-15-16-17-18-20-21(19(23)6-2)25-22(3,4)24-20/h19-21,23H,5-10,13-18H2,1-4H3/t19-,20-,21-/m0/s1. The average molecular weight is 353 g/mol. The van der Waals surface area contributed by atoms with Crippen molar-refractivity contribution in [3.05, 3.63) is 0 Å². The molecule has 0 aromatic rings. The molecule has 3 heteroatoms. The Kier molecular flexibility index (Phi) is 11.5. The molecular formula is C22H40O3. The topological polar surface area (TPSA) is 38.7 Å². The first-order chi connectivity index (χ1) is 12.0. The van der Waals surface area contributed by atoms with Crippen LogP contribution in [0.25, 0.3) is 0 Å². The maximum absolute atomic E-state index is 10.1. The van der Waals surface area contributed by atoms with Gasteiger partial charge in [-0.3, -0.25) is 0 Å². The van der Waals surface area contributed by atoms with Crippen molar-refractivity contribution in [2.45, 2.75) is 129 Å². The maximum atomic E-state index is 10.1. The summed E-state index contributed by atoms with van der Waals surface area (Å²) >= 11 is 0. The zero-order chi connectivity index (χ0) is 18.5. The Morgan fingerprint density at radius 2 is 1.48 bits per heavy atom. The molecular weight excluding hydrogens is 312 g/mol. The van der Waals surface area contributed by atoms with Gasteiger partial charge in [0.2, 0.25) is 0 Å². The first-order valence-electron chi connectivity index (χ1n) is 10.5. The Bertz CT molecular complexity index is 394. The first kappa shape index (κ1) is 22.5. The molecule has 1 heterocycles. The quantitative estimate of drug-likeness (QED) is 0.367. The van der Waals surface area contributed by atoms with Crippen LogP contribution in [0.4, 0.5) is 0 Å². The molecule has 0 aromatic carbocycles. The van der Waals surface area contributed by atoms with Crippen LogP contribution in [0.15, 0.2) is 0 Å². The highest BCUT2D eigenvalue weighted by Crippen LogP contribution is 2.33. The lowest BCUT2D eigenvalue weighted by Gasteiger charge is -2.21. The van der Waals surface area contributed by atoms with Crippen molar-refractivity contribution in [2.24, 2.45) is 0 Å². The molecule has 1 fully saturated rings. The maximum Gasteiger partial charge on any atom is 0.163 e. The molecule has 0 saturated carbocycles. The fourth-order valence-electron chi connectivity index (χ4n) is 3.37. The van der Waals surface area contributed by atoms with E-state index in [1.54, 1.807) is 0 Å².